The number of carbonyl (C=O) groups is 1. The van der Waals surface area contributed by atoms with E-state index in [9.17, 15) is 4.79 Å². The molecule has 0 unspecified atom stereocenters. The van der Waals surface area contributed by atoms with Crippen LogP contribution in [0, 0.1) is 12.8 Å². The van der Waals surface area contributed by atoms with Gasteiger partial charge in [-0.15, -0.1) is 0 Å². The Morgan fingerprint density at radius 2 is 1.69 bits per heavy atom. The predicted octanol–water partition coefficient (Wildman–Crippen LogP) is 3.04. The summed E-state index contributed by atoms with van der Waals surface area (Å²) in [5, 5.41) is 7.14. The maximum atomic E-state index is 13.0. The maximum absolute atomic E-state index is 13.0. The van der Waals surface area contributed by atoms with E-state index in [1.807, 2.05) is 19.2 Å². The molecule has 0 radical (unpaired) electrons. The number of hydrogen-bond donors (Lipinski definition) is 1. The van der Waals surface area contributed by atoms with Crippen molar-refractivity contribution < 1.29 is 4.79 Å². The second-order valence-electron chi connectivity index (χ2n) is 8.24. The molecule has 2 aliphatic rings. The topological polar surface area (TPSA) is 55.5 Å². The van der Waals surface area contributed by atoms with Gasteiger partial charge in [-0.1, -0.05) is 34.1 Å². The molecule has 2 aromatic rings. The number of halogens is 1. The van der Waals surface area contributed by atoms with Crippen molar-refractivity contribution in [3.63, 3.8) is 0 Å². The first-order valence-corrected chi connectivity index (χ1v) is 11.4. The zero-order valence-corrected chi connectivity index (χ0v) is 18.7. The van der Waals surface area contributed by atoms with Crippen LogP contribution in [-0.2, 0) is 17.9 Å². The Labute approximate surface area is 181 Å². The molecule has 2 fully saturated rings. The Morgan fingerprint density at radius 3 is 2.34 bits per heavy atom. The van der Waals surface area contributed by atoms with E-state index >= 15 is 0 Å². The van der Waals surface area contributed by atoms with Crippen LogP contribution in [0.3, 0.4) is 0 Å². The second kappa shape index (κ2) is 9.41. The van der Waals surface area contributed by atoms with Gasteiger partial charge in [-0.25, -0.2) is 0 Å². The van der Waals surface area contributed by atoms with E-state index in [2.05, 4.69) is 59.0 Å². The average molecular weight is 460 g/mol. The summed E-state index contributed by atoms with van der Waals surface area (Å²) in [5.74, 6) is 0.552. The Morgan fingerprint density at radius 1 is 1.03 bits per heavy atom. The summed E-state index contributed by atoms with van der Waals surface area (Å²) in [6.45, 7) is 9.48. The fourth-order valence-electron chi connectivity index (χ4n) is 4.37. The number of amides is 1. The van der Waals surface area contributed by atoms with Gasteiger partial charge >= 0.3 is 0 Å². The van der Waals surface area contributed by atoms with Crippen LogP contribution in [0.4, 0.5) is 0 Å². The number of carbonyl (C=O) groups excluding carboxylic acids is 1. The van der Waals surface area contributed by atoms with Gasteiger partial charge in [0.05, 0.1) is 5.69 Å². The summed E-state index contributed by atoms with van der Waals surface area (Å²) in [5.41, 5.74) is 3.65. The van der Waals surface area contributed by atoms with Gasteiger partial charge in [0.1, 0.15) is 0 Å². The maximum Gasteiger partial charge on any atom is 0.225 e. The standard InChI is InChI=1S/C22H30BrN5O/c1-17-20(14-24-25-17)16-26-8-6-18(7-9-26)22(29)28-12-10-27(11-13-28)15-19-4-2-3-5-21(19)23/h2-5,14,18H,6-13,15-16H2,1H3,(H,24,25). The van der Waals surface area contributed by atoms with E-state index in [0.29, 0.717) is 5.91 Å². The molecule has 0 atom stereocenters. The minimum atomic E-state index is 0.187. The summed E-state index contributed by atoms with van der Waals surface area (Å²) in [4.78, 5) is 20.0. The number of benzene rings is 1. The summed E-state index contributed by atoms with van der Waals surface area (Å²) >= 11 is 3.64. The van der Waals surface area contributed by atoms with E-state index < -0.39 is 0 Å². The van der Waals surface area contributed by atoms with Gasteiger partial charge in [0, 0.05) is 61.4 Å². The highest BCUT2D eigenvalue weighted by atomic mass is 79.9. The number of piperazine rings is 1. The number of likely N-dealkylation sites (tertiary alicyclic amines) is 1. The molecule has 7 heteroatoms. The molecule has 0 bridgehead atoms. The van der Waals surface area contributed by atoms with Gasteiger partial charge < -0.3 is 4.90 Å². The van der Waals surface area contributed by atoms with E-state index in [0.717, 1.165) is 75.4 Å². The number of H-pyrrole nitrogens is 1. The van der Waals surface area contributed by atoms with Gasteiger partial charge in [-0.3, -0.25) is 19.7 Å². The SMILES string of the molecule is Cc1n[nH]cc1CN1CCC(C(=O)N2CCN(Cc3ccccc3Br)CC2)CC1. The number of rotatable bonds is 5. The minimum Gasteiger partial charge on any atom is -0.340 e. The number of aromatic amines is 1. The fourth-order valence-corrected chi connectivity index (χ4v) is 4.78. The molecule has 0 aliphatic carbocycles. The predicted molar refractivity (Wildman–Crippen MR) is 117 cm³/mol. The number of nitrogens with zero attached hydrogens (tertiary/aromatic N) is 4. The van der Waals surface area contributed by atoms with Crippen molar-refractivity contribution in [3.05, 3.63) is 51.8 Å². The molecule has 1 aromatic heterocycles. The van der Waals surface area contributed by atoms with Crippen LogP contribution in [0.1, 0.15) is 29.7 Å². The first kappa shape index (κ1) is 20.6. The summed E-state index contributed by atoms with van der Waals surface area (Å²) in [6.07, 6.45) is 3.92. The number of nitrogens with one attached hydrogen (secondary N) is 1. The fraction of sp³-hybridized carbons (Fsp3) is 0.545. The zero-order valence-electron chi connectivity index (χ0n) is 17.1. The van der Waals surface area contributed by atoms with Crippen molar-refractivity contribution in [2.24, 2.45) is 5.92 Å². The average Bonchev–Trinajstić information content (AvgIpc) is 3.15. The molecule has 6 nitrogen and oxygen atoms in total. The molecular weight excluding hydrogens is 430 g/mol. The lowest BCUT2D eigenvalue weighted by molar-refractivity contribution is -0.139. The first-order chi connectivity index (χ1) is 14.1. The summed E-state index contributed by atoms with van der Waals surface area (Å²) in [7, 11) is 0. The van der Waals surface area contributed by atoms with Crippen molar-refractivity contribution in [1.29, 1.82) is 0 Å². The molecule has 29 heavy (non-hydrogen) atoms. The molecule has 0 spiro atoms. The van der Waals surface area contributed by atoms with Crippen LogP contribution in [0.15, 0.2) is 34.9 Å². The van der Waals surface area contributed by atoms with E-state index in [-0.39, 0.29) is 5.92 Å². The highest BCUT2D eigenvalue weighted by molar-refractivity contribution is 9.10. The van der Waals surface area contributed by atoms with E-state index in [1.165, 1.54) is 11.1 Å². The minimum absolute atomic E-state index is 0.187. The third-order valence-electron chi connectivity index (χ3n) is 6.30. The molecule has 0 saturated carbocycles. The van der Waals surface area contributed by atoms with Gasteiger partial charge in [0.2, 0.25) is 5.91 Å². The van der Waals surface area contributed by atoms with Crippen LogP contribution in [0.2, 0.25) is 0 Å². The Balaban J connectivity index is 1.22. The third-order valence-corrected chi connectivity index (χ3v) is 7.08. The third kappa shape index (κ3) is 5.08. The molecular formula is C22H30BrN5O. The van der Waals surface area contributed by atoms with Crippen molar-refractivity contribution in [1.82, 2.24) is 24.9 Å². The summed E-state index contributed by atoms with van der Waals surface area (Å²) in [6, 6.07) is 8.39. The quantitative estimate of drug-likeness (QED) is 0.746. The lowest BCUT2D eigenvalue weighted by Crippen LogP contribution is -2.51. The monoisotopic (exact) mass is 459 g/mol. The van der Waals surface area contributed by atoms with Crippen LogP contribution in [0.5, 0.6) is 0 Å². The van der Waals surface area contributed by atoms with Gasteiger partial charge in [0.25, 0.3) is 0 Å². The van der Waals surface area contributed by atoms with Gasteiger partial charge in [-0.2, -0.15) is 5.10 Å². The van der Waals surface area contributed by atoms with Crippen LogP contribution in [0.25, 0.3) is 0 Å². The molecule has 156 valence electrons. The number of hydrogen-bond acceptors (Lipinski definition) is 4. The normalized spacial score (nSPS) is 19.6. The van der Waals surface area contributed by atoms with Gasteiger partial charge in [0.15, 0.2) is 0 Å². The number of aryl methyl sites for hydroxylation is 1. The zero-order chi connectivity index (χ0) is 20.2. The molecule has 3 heterocycles. The first-order valence-electron chi connectivity index (χ1n) is 10.6. The summed E-state index contributed by atoms with van der Waals surface area (Å²) < 4.78 is 1.16. The molecule has 2 saturated heterocycles. The van der Waals surface area contributed by atoms with Crippen molar-refractivity contribution in [3.8, 4) is 0 Å². The Kier molecular flexibility index (Phi) is 6.67. The molecule has 1 amide bonds. The van der Waals surface area contributed by atoms with Crippen LogP contribution < -0.4 is 0 Å². The number of aromatic nitrogens is 2. The van der Waals surface area contributed by atoms with Crippen molar-refractivity contribution in [2.75, 3.05) is 39.3 Å². The Bertz CT molecular complexity index is 822. The second-order valence-corrected chi connectivity index (χ2v) is 9.09. The van der Waals surface area contributed by atoms with Crippen LogP contribution >= 0.6 is 15.9 Å². The van der Waals surface area contributed by atoms with E-state index in [4.69, 9.17) is 0 Å². The van der Waals surface area contributed by atoms with Gasteiger partial charge in [-0.05, 0) is 44.5 Å². The highest BCUT2D eigenvalue weighted by Crippen LogP contribution is 2.23. The molecule has 1 aromatic carbocycles. The van der Waals surface area contributed by atoms with Crippen LogP contribution in [-0.4, -0.2) is 70.1 Å². The highest BCUT2D eigenvalue weighted by Gasteiger charge is 2.30. The van der Waals surface area contributed by atoms with Crippen molar-refractivity contribution >= 4 is 21.8 Å². The molecule has 1 N–H and O–H groups in total. The number of piperidine rings is 1. The largest absolute Gasteiger partial charge is 0.340 e. The Hall–Kier alpha value is -1.70. The lowest BCUT2D eigenvalue weighted by Gasteiger charge is -2.38. The van der Waals surface area contributed by atoms with Crippen molar-refractivity contribution in [2.45, 2.75) is 32.9 Å². The molecule has 4 rings (SSSR count). The molecule has 2 aliphatic heterocycles. The van der Waals surface area contributed by atoms with E-state index in [1.54, 1.807) is 0 Å². The smallest absolute Gasteiger partial charge is 0.225 e. The lowest BCUT2D eigenvalue weighted by atomic mass is 9.94.